The van der Waals surface area contributed by atoms with Crippen LogP contribution in [0.5, 0.6) is 0 Å². The average Bonchev–Trinajstić information content (AvgIpc) is 2.89. The maximum atomic E-state index is 8.56. The highest BCUT2D eigenvalue weighted by Gasteiger charge is 1.94. The molecular weight excluding hydrogens is 224 g/mol. The summed E-state index contributed by atoms with van der Waals surface area (Å²) >= 11 is 0. The third-order valence-corrected chi connectivity index (χ3v) is 2.40. The predicted molar refractivity (Wildman–Crippen MR) is 70.9 cm³/mol. The molecule has 3 nitrogen and oxygen atoms in total. The Bertz CT molecular complexity index is 557. The fourth-order valence-corrected chi connectivity index (χ4v) is 1.52. The van der Waals surface area contributed by atoms with Gasteiger partial charge in [-0.15, -0.1) is 0 Å². The van der Waals surface area contributed by atoms with Crippen LogP contribution in [-0.2, 0) is 6.54 Å². The smallest absolute Gasteiger partial charge is 0.0949 e. The summed E-state index contributed by atoms with van der Waals surface area (Å²) in [4.78, 5) is 4.01. The zero-order valence-corrected chi connectivity index (χ0v) is 9.95. The van der Waals surface area contributed by atoms with Crippen LogP contribution in [0, 0.1) is 11.8 Å². The summed E-state index contributed by atoms with van der Waals surface area (Å²) in [5.74, 6) is 5.86. The van der Waals surface area contributed by atoms with Crippen LogP contribution < -0.4 is 0 Å². The van der Waals surface area contributed by atoms with Gasteiger partial charge < -0.3 is 9.67 Å². The lowest BCUT2D eigenvalue weighted by Crippen LogP contribution is -1.95. The van der Waals surface area contributed by atoms with Crippen LogP contribution in [0.25, 0.3) is 0 Å². The molecule has 3 heteroatoms. The summed E-state index contributed by atoms with van der Waals surface area (Å²) in [6.45, 7) is 0.844. The SMILES string of the molecule is OCC=CC#Cc1ccc(Cn2ccnc2)cc1. The number of imidazole rings is 1. The van der Waals surface area contributed by atoms with Gasteiger partial charge in [-0.2, -0.15) is 0 Å². The summed E-state index contributed by atoms with van der Waals surface area (Å²) in [6, 6.07) is 8.09. The summed E-state index contributed by atoms with van der Waals surface area (Å²) < 4.78 is 2.02. The molecule has 0 atom stereocenters. The zero-order chi connectivity index (χ0) is 12.6. The van der Waals surface area contributed by atoms with Crippen LogP contribution in [-0.4, -0.2) is 21.3 Å². The summed E-state index contributed by atoms with van der Waals surface area (Å²) in [6.07, 6.45) is 8.77. The average molecular weight is 238 g/mol. The monoisotopic (exact) mass is 238 g/mol. The topological polar surface area (TPSA) is 38.0 Å². The van der Waals surface area contributed by atoms with Crippen LogP contribution >= 0.6 is 0 Å². The van der Waals surface area contributed by atoms with Crippen LogP contribution in [0.1, 0.15) is 11.1 Å². The summed E-state index contributed by atoms with van der Waals surface area (Å²) in [7, 11) is 0. The quantitative estimate of drug-likeness (QED) is 0.828. The van der Waals surface area contributed by atoms with Crippen molar-refractivity contribution in [1.29, 1.82) is 0 Å². The Hall–Kier alpha value is -2.31. The van der Waals surface area contributed by atoms with Crippen LogP contribution in [0.2, 0.25) is 0 Å². The van der Waals surface area contributed by atoms with Gasteiger partial charge in [0.1, 0.15) is 0 Å². The maximum absolute atomic E-state index is 8.56. The van der Waals surface area contributed by atoms with Crippen LogP contribution in [0.4, 0.5) is 0 Å². The van der Waals surface area contributed by atoms with Gasteiger partial charge in [0.25, 0.3) is 0 Å². The minimum absolute atomic E-state index is 0.0263. The van der Waals surface area contributed by atoms with E-state index in [4.69, 9.17) is 5.11 Å². The van der Waals surface area contributed by atoms with Crippen molar-refractivity contribution in [3.63, 3.8) is 0 Å². The lowest BCUT2D eigenvalue weighted by molar-refractivity contribution is 0.343. The molecular formula is C15H14N2O. The Morgan fingerprint density at radius 3 is 2.78 bits per heavy atom. The molecule has 0 bridgehead atoms. The van der Waals surface area contributed by atoms with Gasteiger partial charge in [-0.3, -0.25) is 0 Å². The van der Waals surface area contributed by atoms with Gasteiger partial charge in [0.05, 0.1) is 12.9 Å². The Morgan fingerprint density at radius 2 is 2.11 bits per heavy atom. The van der Waals surface area contributed by atoms with Crippen molar-refractivity contribution in [3.8, 4) is 11.8 Å². The fraction of sp³-hybridized carbons (Fsp3) is 0.133. The first-order valence-corrected chi connectivity index (χ1v) is 5.70. The first-order chi connectivity index (χ1) is 8.88. The predicted octanol–water partition coefficient (Wildman–Crippen LogP) is 1.83. The van der Waals surface area contributed by atoms with Crippen molar-refractivity contribution in [2.45, 2.75) is 6.54 Å². The molecule has 0 saturated heterocycles. The first-order valence-electron chi connectivity index (χ1n) is 5.70. The lowest BCUT2D eigenvalue weighted by atomic mass is 10.1. The molecule has 1 heterocycles. The highest BCUT2D eigenvalue weighted by atomic mass is 16.2. The molecule has 0 amide bonds. The van der Waals surface area contributed by atoms with E-state index in [9.17, 15) is 0 Å². The van der Waals surface area contributed by atoms with Gasteiger partial charge in [-0.1, -0.05) is 30.0 Å². The molecule has 90 valence electrons. The third kappa shape index (κ3) is 3.62. The van der Waals surface area contributed by atoms with Crippen LogP contribution in [0.15, 0.2) is 55.1 Å². The van der Waals surface area contributed by atoms with E-state index < -0.39 is 0 Å². The highest BCUT2D eigenvalue weighted by molar-refractivity contribution is 5.38. The highest BCUT2D eigenvalue weighted by Crippen LogP contribution is 2.05. The number of rotatable bonds is 3. The molecule has 2 aromatic rings. The van der Waals surface area contributed by atoms with Crippen molar-refractivity contribution in [2.24, 2.45) is 0 Å². The molecule has 0 fully saturated rings. The van der Waals surface area contributed by atoms with Gasteiger partial charge in [-0.25, -0.2) is 4.98 Å². The number of benzene rings is 1. The molecule has 18 heavy (non-hydrogen) atoms. The van der Waals surface area contributed by atoms with Crippen LogP contribution in [0.3, 0.4) is 0 Å². The number of hydrogen-bond donors (Lipinski definition) is 1. The Morgan fingerprint density at radius 1 is 1.28 bits per heavy atom. The molecule has 0 saturated carbocycles. The minimum Gasteiger partial charge on any atom is -0.392 e. The van der Waals surface area contributed by atoms with E-state index in [2.05, 4.69) is 29.0 Å². The minimum atomic E-state index is 0.0263. The number of aromatic nitrogens is 2. The number of hydrogen-bond acceptors (Lipinski definition) is 2. The standard InChI is InChI=1S/C15H14N2O/c18-11-3-1-2-4-14-5-7-15(8-6-14)12-17-10-9-16-13-17/h1,3,5-10,13,18H,11-12H2. The van der Waals surface area contributed by atoms with Crippen molar-refractivity contribution in [1.82, 2.24) is 9.55 Å². The number of nitrogens with zero attached hydrogens (tertiary/aromatic N) is 2. The maximum Gasteiger partial charge on any atom is 0.0949 e. The molecule has 0 radical (unpaired) electrons. The third-order valence-electron chi connectivity index (χ3n) is 2.40. The lowest BCUT2D eigenvalue weighted by Gasteiger charge is -2.02. The van der Waals surface area contributed by atoms with Gasteiger partial charge in [0.2, 0.25) is 0 Å². The van der Waals surface area contributed by atoms with E-state index in [1.807, 2.05) is 22.9 Å². The van der Waals surface area contributed by atoms with Gasteiger partial charge in [0, 0.05) is 24.5 Å². The largest absolute Gasteiger partial charge is 0.392 e. The molecule has 1 aromatic heterocycles. The number of aliphatic hydroxyl groups is 1. The molecule has 2 rings (SSSR count). The molecule has 0 unspecified atom stereocenters. The van der Waals surface area contributed by atoms with Crippen molar-refractivity contribution >= 4 is 0 Å². The second-order valence-corrected chi connectivity index (χ2v) is 3.79. The Balaban J connectivity index is 2.00. The number of aliphatic hydroxyl groups excluding tert-OH is 1. The van der Waals surface area contributed by atoms with E-state index in [0.717, 1.165) is 12.1 Å². The molecule has 1 N–H and O–H groups in total. The Kier molecular flexibility index (Phi) is 4.34. The molecule has 0 spiro atoms. The van der Waals surface area contributed by atoms with Gasteiger partial charge in [-0.05, 0) is 23.8 Å². The second-order valence-electron chi connectivity index (χ2n) is 3.79. The molecule has 0 aliphatic carbocycles. The van der Waals surface area contributed by atoms with E-state index in [1.54, 1.807) is 24.7 Å². The first kappa shape index (κ1) is 12.2. The van der Waals surface area contributed by atoms with Gasteiger partial charge in [0.15, 0.2) is 0 Å². The zero-order valence-electron chi connectivity index (χ0n) is 9.95. The van der Waals surface area contributed by atoms with E-state index in [-0.39, 0.29) is 6.61 Å². The Labute approximate surface area is 106 Å². The fourth-order valence-electron chi connectivity index (χ4n) is 1.52. The van der Waals surface area contributed by atoms with Gasteiger partial charge >= 0.3 is 0 Å². The molecule has 0 aliphatic heterocycles. The number of allylic oxidation sites excluding steroid dienone is 1. The normalized spacial score (nSPS) is 10.3. The molecule has 0 aliphatic rings. The second kappa shape index (κ2) is 6.43. The van der Waals surface area contributed by atoms with Crippen molar-refractivity contribution < 1.29 is 5.11 Å². The summed E-state index contributed by atoms with van der Waals surface area (Å²) in [5, 5.41) is 8.56. The molecule has 1 aromatic carbocycles. The van der Waals surface area contributed by atoms with Crippen molar-refractivity contribution in [2.75, 3.05) is 6.61 Å². The van der Waals surface area contributed by atoms with E-state index in [1.165, 1.54) is 5.56 Å². The van der Waals surface area contributed by atoms with E-state index in [0.29, 0.717) is 0 Å². The van der Waals surface area contributed by atoms with Crippen molar-refractivity contribution in [3.05, 3.63) is 66.3 Å². The van der Waals surface area contributed by atoms with E-state index >= 15 is 0 Å². The summed E-state index contributed by atoms with van der Waals surface area (Å²) in [5.41, 5.74) is 2.18.